The highest BCUT2D eigenvalue weighted by Crippen LogP contribution is 2.27. The smallest absolute Gasteiger partial charge is 0.0860 e. The lowest BCUT2D eigenvalue weighted by Gasteiger charge is -2.31. The van der Waals surface area contributed by atoms with E-state index in [0.29, 0.717) is 0 Å². The minimum atomic E-state index is 0.250. The van der Waals surface area contributed by atoms with Gasteiger partial charge >= 0.3 is 0 Å². The Balaban J connectivity index is 1.92. The topological polar surface area (TPSA) is 34.2 Å². The van der Waals surface area contributed by atoms with Gasteiger partial charge in [0.05, 0.1) is 24.3 Å². The Bertz CT molecular complexity index is 611. The molecule has 2 heterocycles. The minimum Gasteiger partial charge on any atom is -0.375 e. The number of aromatic nitrogens is 1. The number of likely N-dealkylation sites (N-methyl/N-ethyl adjacent to an activating group) is 1. The van der Waals surface area contributed by atoms with Gasteiger partial charge < -0.3 is 10.1 Å². The molecule has 4 heteroatoms. The van der Waals surface area contributed by atoms with Crippen LogP contribution in [0.3, 0.4) is 0 Å². The molecule has 0 amide bonds. The van der Waals surface area contributed by atoms with Gasteiger partial charge in [0, 0.05) is 22.6 Å². The molecule has 0 aliphatic carbocycles. The van der Waals surface area contributed by atoms with Gasteiger partial charge in [-0.05, 0) is 37.2 Å². The molecule has 2 unspecified atom stereocenters. The minimum absolute atomic E-state index is 0.250. The van der Waals surface area contributed by atoms with Crippen LogP contribution in [0.25, 0.3) is 10.9 Å². The fraction of sp³-hybridized carbons (Fsp3) is 0.471. The number of rotatable bonds is 4. The van der Waals surface area contributed by atoms with E-state index in [2.05, 4.69) is 47.6 Å². The first-order valence-electron chi connectivity index (χ1n) is 7.58. The normalized spacial score (nSPS) is 20.6. The second-order valence-corrected chi connectivity index (χ2v) is 6.57. The zero-order chi connectivity index (χ0) is 14.7. The lowest BCUT2D eigenvalue weighted by Crippen LogP contribution is -2.38. The van der Waals surface area contributed by atoms with Crippen LogP contribution < -0.4 is 5.32 Å². The molecule has 0 bridgehead atoms. The summed E-state index contributed by atoms with van der Waals surface area (Å²) in [5, 5.41) is 4.78. The lowest BCUT2D eigenvalue weighted by molar-refractivity contribution is 0.0472. The van der Waals surface area contributed by atoms with E-state index in [1.165, 1.54) is 10.9 Å². The number of ether oxygens (including phenoxy) is 1. The molecular formula is C17H22N2OS. The summed E-state index contributed by atoms with van der Waals surface area (Å²) in [6, 6.07) is 11.0. The average Bonchev–Trinajstić information content (AvgIpc) is 2.53. The fourth-order valence-electron chi connectivity index (χ4n) is 2.82. The molecule has 1 aromatic carbocycles. The quantitative estimate of drug-likeness (QED) is 0.939. The molecule has 1 N–H and O–H groups in total. The van der Waals surface area contributed by atoms with Crippen LogP contribution in [0, 0.1) is 6.92 Å². The maximum Gasteiger partial charge on any atom is 0.0860 e. The fourth-order valence-corrected chi connectivity index (χ4v) is 3.72. The van der Waals surface area contributed by atoms with E-state index in [1.54, 1.807) is 0 Å². The number of nitrogens with zero attached hydrogens (tertiary/aromatic N) is 1. The molecule has 1 saturated heterocycles. The average molecular weight is 302 g/mol. The Morgan fingerprint density at radius 3 is 3.05 bits per heavy atom. The summed E-state index contributed by atoms with van der Waals surface area (Å²) in [4.78, 5) is 4.58. The summed E-state index contributed by atoms with van der Waals surface area (Å²) in [6.07, 6.45) is 0.250. The molecule has 1 aromatic heterocycles. The summed E-state index contributed by atoms with van der Waals surface area (Å²) >= 11 is 1.98. The number of benzene rings is 1. The Labute approximate surface area is 130 Å². The second kappa shape index (κ2) is 6.77. The van der Waals surface area contributed by atoms with Crippen LogP contribution >= 0.6 is 11.8 Å². The van der Waals surface area contributed by atoms with E-state index >= 15 is 0 Å². The van der Waals surface area contributed by atoms with E-state index < -0.39 is 0 Å². The van der Waals surface area contributed by atoms with Crippen molar-refractivity contribution in [3.63, 3.8) is 0 Å². The molecule has 2 aromatic rings. The van der Waals surface area contributed by atoms with Crippen LogP contribution in [0.15, 0.2) is 30.3 Å². The standard InChI is InChI=1S/C17H22N2OS/c1-3-18-17(16-11-21-9-8-20-16)14-6-7-15-13(10-14)5-4-12(2)19-15/h4-7,10,16-18H,3,8-9,11H2,1-2H3. The Morgan fingerprint density at radius 2 is 2.29 bits per heavy atom. The molecular weight excluding hydrogens is 280 g/mol. The predicted octanol–water partition coefficient (Wildman–Crippen LogP) is 3.33. The molecule has 2 atom stereocenters. The first kappa shape index (κ1) is 14.8. The van der Waals surface area contributed by atoms with E-state index in [-0.39, 0.29) is 12.1 Å². The highest BCUT2D eigenvalue weighted by molar-refractivity contribution is 7.99. The van der Waals surface area contributed by atoms with Gasteiger partial charge in [-0.1, -0.05) is 19.1 Å². The van der Waals surface area contributed by atoms with Gasteiger partial charge in [-0.3, -0.25) is 4.98 Å². The van der Waals surface area contributed by atoms with Crippen molar-refractivity contribution in [2.75, 3.05) is 24.7 Å². The number of hydrogen-bond acceptors (Lipinski definition) is 4. The summed E-state index contributed by atoms with van der Waals surface area (Å²) in [5.41, 5.74) is 3.42. The van der Waals surface area contributed by atoms with Gasteiger partial charge in [-0.2, -0.15) is 11.8 Å². The van der Waals surface area contributed by atoms with E-state index in [4.69, 9.17) is 4.74 Å². The first-order chi connectivity index (χ1) is 10.3. The van der Waals surface area contributed by atoms with Crippen molar-refractivity contribution in [3.8, 4) is 0 Å². The van der Waals surface area contributed by atoms with Crippen LogP contribution in [-0.4, -0.2) is 35.7 Å². The van der Waals surface area contributed by atoms with Crippen molar-refractivity contribution in [3.05, 3.63) is 41.6 Å². The molecule has 0 saturated carbocycles. The molecule has 1 aliphatic rings. The Hall–Kier alpha value is -1.10. The van der Waals surface area contributed by atoms with Crippen molar-refractivity contribution in [1.82, 2.24) is 10.3 Å². The van der Waals surface area contributed by atoms with Crippen molar-refractivity contribution >= 4 is 22.7 Å². The summed E-state index contributed by atoms with van der Waals surface area (Å²) in [5.74, 6) is 2.16. The molecule has 3 nitrogen and oxygen atoms in total. The zero-order valence-corrected chi connectivity index (χ0v) is 13.5. The number of aryl methyl sites for hydroxylation is 1. The Morgan fingerprint density at radius 1 is 1.38 bits per heavy atom. The number of fused-ring (bicyclic) bond motifs is 1. The van der Waals surface area contributed by atoms with Crippen molar-refractivity contribution in [2.45, 2.75) is 26.0 Å². The molecule has 3 rings (SSSR count). The van der Waals surface area contributed by atoms with Crippen LogP contribution in [0.5, 0.6) is 0 Å². The molecule has 0 spiro atoms. The van der Waals surface area contributed by atoms with Crippen LogP contribution in [0.1, 0.15) is 24.2 Å². The third-order valence-corrected chi connectivity index (χ3v) is 4.87. The molecule has 21 heavy (non-hydrogen) atoms. The highest BCUT2D eigenvalue weighted by atomic mass is 32.2. The monoisotopic (exact) mass is 302 g/mol. The maximum absolute atomic E-state index is 5.98. The van der Waals surface area contributed by atoms with Crippen LogP contribution in [0.4, 0.5) is 0 Å². The number of thioether (sulfide) groups is 1. The SMILES string of the molecule is CCNC(c1ccc2nc(C)ccc2c1)C1CSCCO1. The number of pyridine rings is 1. The van der Waals surface area contributed by atoms with Crippen molar-refractivity contribution in [2.24, 2.45) is 0 Å². The highest BCUT2D eigenvalue weighted by Gasteiger charge is 2.25. The van der Waals surface area contributed by atoms with Gasteiger partial charge in [-0.25, -0.2) is 0 Å². The van der Waals surface area contributed by atoms with E-state index in [1.807, 2.05) is 18.7 Å². The molecule has 112 valence electrons. The predicted molar refractivity (Wildman–Crippen MR) is 90.0 cm³/mol. The van der Waals surface area contributed by atoms with E-state index in [0.717, 1.165) is 35.9 Å². The maximum atomic E-state index is 5.98. The van der Waals surface area contributed by atoms with Crippen molar-refractivity contribution < 1.29 is 4.74 Å². The number of nitrogens with one attached hydrogen (secondary N) is 1. The first-order valence-corrected chi connectivity index (χ1v) is 8.73. The lowest BCUT2D eigenvalue weighted by atomic mass is 9.99. The zero-order valence-electron chi connectivity index (χ0n) is 12.6. The molecule has 1 aliphatic heterocycles. The summed E-state index contributed by atoms with van der Waals surface area (Å²) < 4.78 is 5.98. The summed E-state index contributed by atoms with van der Waals surface area (Å²) in [7, 11) is 0. The largest absolute Gasteiger partial charge is 0.375 e. The third kappa shape index (κ3) is 3.39. The van der Waals surface area contributed by atoms with Gasteiger partial charge in [0.25, 0.3) is 0 Å². The van der Waals surface area contributed by atoms with Crippen molar-refractivity contribution in [1.29, 1.82) is 0 Å². The molecule has 0 radical (unpaired) electrons. The third-order valence-electron chi connectivity index (χ3n) is 3.85. The van der Waals surface area contributed by atoms with Gasteiger partial charge in [0.2, 0.25) is 0 Å². The number of hydrogen-bond donors (Lipinski definition) is 1. The van der Waals surface area contributed by atoms with Crippen LogP contribution in [0.2, 0.25) is 0 Å². The van der Waals surface area contributed by atoms with Crippen LogP contribution in [-0.2, 0) is 4.74 Å². The summed E-state index contributed by atoms with van der Waals surface area (Å²) in [6.45, 7) is 5.97. The van der Waals surface area contributed by atoms with Gasteiger partial charge in [-0.15, -0.1) is 0 Å². The van der Waals surface area contributed by atoms with Gasteiger partial charge in [0.1, 0.15) is 0 Å². The van der Waals surface area contributed by atoms with Gasteiger partial charge in [0.15, 0.2) is 0 Å². The van der Waals surface area contributed by atoms with E-state index in [9.17, 15) is 0 Å². The Kier molecular flexibility index (Phi) is 4.78. The molecule has 1 fully saturated rings. The second-order valence-electron chi connectivity index (χ2n) is 5.42.